The maximum absolute atomic E-state index is 4.41. The van der Waals surface area contributed by atoms with Gasteiger partial charge >= 0.3 is 0 Å². The lowest BCUT2D eigenvalue weighted by Gasteiger charge is -2.24. The number of nitrogens with zero attached hydrogens (tertiary/aromatic N) is 3. The van der Waals surface area contributed by atoms with Gasteiger partial charge in [0.05, 0.1) is 24.3 Å². The topological polar surface area (TPSA) is 35.2 Å². The Bertz CT molecular complexity index is 887. The SMILES string of the molecule is Brc1cc2c(cc1Br)N(Cc1c[nH]cn1)CCN(CCc1ccccc1)S2. The predicted octanol–water partition coefficient (Wildman–Crippen LogP) is 5.51. The fraction of sp³-hybridized carbons (Fsp3) is 0.250. The highest BCUT2D eigenvalue weighted by Crippen LogP contribution is 2.41. The van der Waals surface area contributed by atoms with Gasteiger partial charge in [-0.05, 0) is 67.9 Å². The van der Waals surface area contributed by atoms with Gasteiger partial charge in [0.25, 0.3) is 0 Å². The van der Waals surface area contributed by atoms with Gasteiger partial charge in [-0.1, -0.05) is 30.3 Å². The van der Waals surface area contributed by atoms with E-state index in [4.69, 9.17) is 0 Å². The van der Waals surface area contributed by atoms with Crippen LogP contribution >= 0.6 is 43.8 Å². The first-order valence-corrected chi connectivity index (χ1v) is 11.2. The van der Waals surface area contributed by atoms with Crippen molar-refractivity contribution in [1.29, 1.82) is 0 Å². The summed E-state index contributed by atoms with van der Waals surface area (Å²) in [5.74, 6) is 0. The van der Waals surface area contributed by atoms with Gasteiger partial charge in [-0.3, -0.25) is 0 Å². The maximum atomic E-state index is 4.41. The zero-order valence-electron chi connectivity index (χ0n) is 14.7. The summed E-state index contributed by atoms with van der Waals surface area (Å²) < 4.78 is 4.63. The van der Waals surface area contributed by atoms with Crippen LogP contribution in [0.4, 0.5) is 5.69 Å². The van der Waals surface area contributed by atoms with Crippen LogP contribution in [0.15, 0.2) is 68.8 Å². The van der Waals surface area contributed by atoms with Crippen molar-refractivity contribution in [2.75, 3.05) is 24.5 Å². The molecule has 0 radical (unpaired) electrons. The summed E-state index contributed by atoms with van der Waals surface area (Å²) in [6.45, 7) is 3.80. The zero-order valence-corrected chi connectivity index (χ0v) is 18.7. The van der Waals surface area contributed by atoms with Crippen molar-refractivity contribution in [2.24, 2.45) is 0 Å². The van der Waals surface area contributed by atoms with Crippen LogP contribution in [0.1, 0.15) is 11.3 Å². The summed E-state index contributed by atoms with van der Waals surface area (Å²) in [6.07, 6.45) is 4.77. The van der Waals surface area contributed by atoms with Crippen molar-refractivity contribution in [3.05, 3.63) is 75.2 Å². The summed E-state index contributed by atoms with van der Waals surface area (Å²) in [7, 11) is 0. The van der Waals surface area contributed by atoms with Gasteiger partial charge in [0.2, 0.25) is 0 Å². The van der Waals surface area contributed by atoms with E-state index in [9.17, 15) is 0 Å². The molecule has 0 unspecified atom stereocenters. The fourth-order valence-corrected chi connectivity index (χ4v) is 5.08. The van der Waals surface area contributed by atoms with Crippen molar-refractivity contribution in [1.82, 2.24) is 14.3 Å². The monoisotopic (exact) mass is 506 g/mol. The van der Waals surface area contributed by atoms with Gasteiger partial charge in [0, 0.05) is 39.7 Å². The second-order valence-corrected chi connectivity index (χ2v) is 9.32. The summed E-state index contributed by atoms with van der Waals surface area (Å²) in [5.41, 5.74) is 3.69. The molecule has 0 bridgehead atoms. The molecule has 0 fully saturated rings. The fourth-order valence-electron chi connectivity index (χ4n) is 3.17. The number of anilines is 1. The molecule has 0 saturated carbocycles. The standard InChI is InChI=1S/C20H20Br2N4S/c21-17-10-19-20(11-18(17)22)27-26(7-6-15-4-2-1-3-5-15)9-8-25(19)13-16-12-23-14-24-16/h1-5,10-12,14H,6-9,13H2,(H,23,24). The van der Waals surface area contributed by atoms with Gasteiger partial charge in [0.1, 0.15) is 0 Å². The summed E-state index contributed by atoms with van der Waals surface area (Å²) in [6, 6.07) is 15.1. The Morgan fingerprint density at radius 1 is 1.07 bits per heavy atom. The van der Waals surface area contributed by atoms with Crippen LogP contribution in [0, 0.1) is 0 Å². The molecule has 0 saturated heterocycles. The van der Waals surface area contributed by atoms with E-state index in [2.05, 4.69) is 93.5 Å². The largest absolute Gasteiger partial charge is 0.363 e. The molecular formula is C20H20Br2N4S. The van der Waals surface area contributed by atoms with Gasteiger partial charge in [-0.25, -0.2) is 9.29 Å². The number of nitrogens with one attached hydrogen (secondary N) is 1. The third kappa shape index (κ3) is 4.77. The molecule has 0 spiro atoms. The van der Waals surface area contributed by atoms with E-state index < -0.39 is 0 Å². The minimum Gasteiger partial charge on any atom is -0.363 e. The van der Waals surface area contributed by atoms with Crippen LogP contribution in [0.25, 0.3) is 0 Å². The number of rotatable bonds is 5. The first-order chi connectivity index (χ1) is 13.2. The molecule has 1 aliphatic rings. The van der Waals surface area contributed by atoms with E-state index in [0.717, 1.165) is 47.2 Å². The van der Waals surface area contributed by atoms with Gasteiger partial charge in [0.15, 0.2) is 0 Å². The van der Waals surface area contributed by atoms with Crippen LogP contribution in [0.3, 0.4) is 0 Å². The van der Waals surface area contributed by atoms with Crippen molar-refractivity contribution >= 4 is 49.5 Å². The molecular weight excluding hydrogens is 488 g/mol. The highest BCUT2D eigenvalue weighted by molar-refractivity contribution is 9.13. The van der Waals surface area contributed by atoms with Crippen molar-refractivity contribution in [3.63, 3.8) is 0 Å². The van der Waals surface area contributed by atoms with Gasteiger partial charge in [-0.2, -0.15) is 0 Å². The third-order valence-electron chi connectivity index (χ3n) is 4.59. The van der Waals surface area contributed by atoms with Crippen molar-refractivity contribution in [2.45, 2.75) is 17.9 Å². The van der Waals surface area contributed by atoms with E-state index in [1.165, 1.54) is 16.1 Å². The van der Waals surface area contributed by atoms with Gasteiger partial charge in [-0.15, -0.1) is 0 Å². The smallest absolute Gasteiger partial charge is 0.0923 e. The van der Waals surface area contributed by atoms with Crippen LogP contribution in [0.2, 0.25) is 0 Å². The van der Waals surface area contributed by atoms with E-state index in [1.807, 2.05) is 18.1 Å². The molecule has 140 valence electrons. The minimum atomic E-state index is 0.803. The Morgan fingerprint density at radius 2 is 1.89 bits per heavy atom. The lowest BCUT2D eigenvalue weighted by atomic mass is 10.1. The van der Waals surface area contributed by atoms with E-state index >= 15 is 0 Å². The average molecular weight is 508 g/mol. The highest BCUT2D eigenvalue weighted by atomic mass is 79.9. The Balaban J connectivity index is 1.55. The first kappa shape index (κ1) is 19.1. The molecule has 0 aliphatic carbocycles. The van der Waals surface area contributed by atoms with Crippen LogP contribution in [-0.4, -0.2) is 33.9 Å². The number of imidazole rings is 1. The molecule has 0 amide bonds. The van der Waals surface area contributed by atoms with Crippen LogP contribution in [0.5, 0.6) is 0 Å². The molecule has 1 aliphatic heterocycles. The second-order valence-electron chi connectivity index (χ2n) is 6.47. The van der Waals surface area contributed by atoms with Crippen molar-refractivity contribution < 1.29 is 0 Å². The second kappa shape index (κ2) is 8.82. The summed E-state index contributed by atoms with van der Waals surface area (Å²) >= 11 is 9.17. The molecule has 7 heteroatoms. The number of aromatic amines is 1. The average Bonchev–Trinajstić information content (AvgIpc) is 3.13. The maximum Gasteiger partial charge on any atom is 0.0923 e. The molecule has 4 nitrogen and oxygen atoms in total. The molecule has 1 aromatic heterocycles. The van der Waals surface area contributed by atoms with E-state index in [0.29, 0.717) is 0 Å². The molecule has 4 rings (SSSR count). The lowest BCUT2D eigenvalue weighted by Crippen LogP contribution is -2.30. The zero-order chi connectivity index (χ0) is 18.6. The van der Waals surface area contributed by atoms with E-state index in [-0.39, 0.29) is 0 Å². The number of aromatic nitrogens is 2. The quantitative estimate of drug-likeness (QED) is 0.462. The van der Waals surface area contributed by atoms with E-state index in [1.54, 1.807) is 6.33 Å². The van der Waals surface area contributed by atoms with Gasteiger partial charge < -0.3 is 9.88 Å². The van der Waals surface area contributed by atoms with Crippen molar-refractivity contribution in [3.8, 4) is 0 Å². The molecule has 27 heavy (non-hydrogen) atoms. The Labute approximate surface area is 180 Å². The molecule has 3 aromatic rings. The number of H-pyrrole nitrogens is 1. The third-order valence-corrected chi connectivity index (χ3v) is 7.58. The summed E-state index contributed by atoms with van der Waals surface area (Å²) in [5, 5.41) is 0. The first-order valence-electron chi connectivity index (χ1n) is 8.87. The lowest BCUT2D eigenvalue weighted by molar-refractivity contribution is 0.480. The highest BCUT2D eigenvalue weighted by Gasteiger charge is 2.22. The number of hydrogen-bond donors (Lipinski definition) is 1. The Morgan fingerprint density at radius 3 is 2.67 bits per heavy atom. The summed E-state index contributed by atoms with van der Waals surface area (Å²) in [4.78, 5) is 11.2. The Kier molecular flexibility index (Phi) is 6.22. The molecule has 1 N–H and O–H groups in total. The number of benzene rings is 2. The number of fused-ring (bicyclic) bond motifs is 1. The molecule has 0 atom stereocenters. The predicted molar refractivity (Wildman–Crippen MR) is 119 cm³/mol. The number of halogens is 2. The van der Waals surface area contributed by atoms with Crippen LogP contribution in [-0.2, 0) is 13.0 Å². The normalized spacial score (nSPS) is 14.8. The minimum absolute atomic E-state index is 0.803. The molecule has 2 aromatic carbocycles. The van der Waals surface area contributed by atoms with Crippen LogP contribution < -0.4 is 4.90 Å². The number of hydrogen-bond acceptors (Lipinski definition) is 4. The Hall–Kier alpha value is -1.28. The molecule has 2 heterocycles.